The molecule has 2 aliphatic rings. The molecule has 148 valence electrons. The fourth-order valence-corrected chi connectivity index (χ4v) is 4.19. The van der Waals surface area contributed by atoms with Crippen LogP contribution in [0.3, 0.4) is 0 Å². The number of anilines is 2. The lowest BCUT2D eigenvalue weighted by atomic mass is 9.82. The maximum atomic E-state index is 13.0. The number of rotatable bonds is 3. The highest BCUT2D eigenvalue weighted by Gasteiger charge is 2.49. The molecule has 2 aromatic rings. The molecule has 0 unspecified atom stereocenters. The number of carbonyl (C=O) groups excluding carboxylic acids is 3. The van der Waals surface area contributed by atoms with E-state index in [9.17, 15) is 14.4 Å². The number of benzene rings is 2. The lowest BCUT2D eigenvalue weighted by molar-refractivity contribution is -0.122. The van der Waals surface area contributed by atoms with Crippen LogP contribution < -0.4 is 10.2 Å². The number of carbonyl (C=O) groups is 3. The molecule has 2 aromatic carbocycles. The number of imide groups is 1. The summed E-state index contributed by atoms with van der Waals surface area (Å²) in [4.78, 5) is 40.2. The van der Waals surface area contributed by atoms with Crippen LogP contribution in [-0.2, 0) is 9.59 Å². The van der Waals surface area contributed by atoms with Crippen LogP contribution in [0.2, 0.25) is 5.02 Å². The van der Waals surface area contributed by atoms with Gasteiger partial charge in [-0.2, -0.15) is 0 Å². The van der Waals surface area contributed by atoms with Crippen molar-refractivity contribution in [2.75, 3.05) is 10.2 Å². The number of nitrogens with zero attached hydrogens (tertiary/aromatic N) is 1. The van der Waals surface area contributed by atoms with E-state index in [1.54, 1.807) is 36.4 Å². The van der Waals surface area contributed by atoms with E-state index < -0.39 is 5.91 Å². The van der Waals surface area contributed by atoms with Crippen molar-refractivity contribution in [3.8, 4) is 0 Å². The molecule has 0 radical (unpaired) electrons. The van der Waals surface area contributed by atoms with Gasteiger partial charge in [0.25, 0.3) is 5.91 Å². The number of hydrogen-bond donors (Lipinski definition) is 1. The highest BCUT2D eigenvalue weighted by atomic mass is 35.5. The molecular weight excluding hydrogens is 388 g/mol. The van der Waals surface area contributed by atoms with E-state index in [0.717, 1.165) is 11.1 Å². The molecule has 1 aliphatic heterocycles. The molecule has 0 bridgehead atoms. The Morgan fingerprint density at radius 1 is 1.07 bits per heavy atom. The van der Waals surface area contributed by atoms with Crippen LogP contribution in [-0.4, -0.2) is 17.7 Å². The summed E-state index contributed by atoms with van der Waals surface area (Å²) >= 11 is 6.14. The van der Waals surface area contributed by atoms with E-state index >= 15 is 0 Å². The molecule has 0 saturated carbocycles. The van der Waals surface area contributed by atoms with Crippen LogP contribution >= 0.6 is 11.6 Å². The van der Waals surface area contributed by atoms with Crippen molar-refractivity contribution >= 4 is 40.7 Å². The van der Waals surface area contributed by atoms with Gasteiger partial charge in [-0.1, -0.05) is 41.4 Å². The molecule has 1 N–H and O–H groups in total. The van der Waals surface area contributed by atoms with Crippen molar-refractivity contribution in [2.24, 2.45) is 11.8 Å². The Morgan fingerprint density at radius 2 is 1.79 bits per heavy atom. The van der Waals surface area contributed by atoms with Crippen LogP contribution in [0.5, 0.6) is 0 Å². The van der Waals surface area contributed by atoms with E-state index in [4.69, 9.17) is 11.6 Å². The van der Waals surface area contributed by atoms with Crippen molar-refractivity contribution in [3.63, 3.8) is 0 Å². The maximum Gasteiger partial charge on any atom is 0.257 e. The number of para-hydroxylation sites is 1. The highest BCUT2D eigenvalue weighted by Crippen LogP contribution is 2.40. The third-order valence-corrected chi connectivity index (χ3v) is 6.05. The lowest BCUT2D eigenvalue weighted by Gasteiger charge is -2.19. The third-order valence-electron chi connectivity index (χ3n) is 5.64. The van der Waals surface area contributed by atoms with E-state index in [0.29, 0.717) is 29.2 Å². The second-order valence-electron chi connectivity index (χ2n) is 7.65. The minimum Gasteiger partial charge on any atom is -0.322 e. The van der Waals surface area contributed by atoms with E-state index in [2.05, 4.69) is 5.32 Å². The van der Waals surface area contributed by atoms with Gasteiger partial charge in [0.15, 0.2) is 0 Å². The average Bonchev–Trinajstić information content (AvgIpc) is 2.94. The van der Waals surface area contributed by atoms with Gasteiger partial charge in [-0.25, -0.2) is 4.90 Å². The van der Waals surface area contributed by atoms with Gasteiger partial charge in [0.05, 0.1) is 23.1 Å². The first-order valence-corrected chi connectivity index (χ1v) is 9.94. The summed E-state index contributed by atoms with van der Waals surface area (Å²) in [7, 11) is 0. The normalized spacial score (nSPS) is 21.1. The topological polar surface area (TPSA) is 66.5 Å². The molecule has 3 amide bonds. The average molecular weight is 409 g/mol. The van der Waals surface area contributed by atoms with E-state index in [-0.39, 0.29) is 29.2 Å². The lowest BCUT2D eigenvalue weighted by Crippen LogP contribution is -2.33. The van der Waals surface area contributed by atoms with Gasteiger partial charge in [0, 0.05) is 10.7 Å². The first-order valence-electron chi connectivity index (χ1n) is 9.57. The SMILES string of the molecule is CC1=CC[C@@H]2C(=O)N(c3ccccc3C(=O)Nc3ccc(C)c(Cl)c3)C(=O)[C@@H]2C1. The first-order chi connectivity index (χ1) is 13.9. The second kappa shape index (κ2) is 7.48. The Kier molecular flexibility index (Phi) is 5.01. The number of allylic oxidation sites excluding steroid dienone is 2. The van der Waals surface area contributed by atoms with Gasteiger partial charge in [0.1, 0.15) is 0 Å². The second-order valence-corrected chi connectivity index (χ2v) is 8.06. The Bertz CT molecular complexity index is 1060. The predicted molar refractivity (Wildman–Crippen MR) is 113 cm³/mol. The third kappa shape index (κ3) is 3.47. The van der Waals surface area contributed by atoms with Crippen molar-refractivity contribution in [1.29, 1.82) is 0 Å². The monoisotopic (exact) mass is 408 g/mol. The largest absolute Gasteiger partial charge is 0.322 e. The Hall–Kier alpha value is -2.92. The fraction of sp³-hybridized carbons (Fsp3) is 0.261. The molecule has 0 aromatic heterocycles. The summed E-state index contributed by atoms with van der Waals surface area (Å²) in [6.45, 7) is 3.86. The minimum atomic E-state index is -0.398. The molecule has 4 rings (SSSR count). The van der Waals surface area contributed by atoms with Gasteiger partial charge in [-0.3, -0.25) is 14.4 Å². The molecule has 0 spiro atoms. The van der Waals surface area contributed by atoms with Crippen LogP contribution in [0.1, 0.15) is 35.7 Å². The highest BCUT2D eigenvalue weighted by molar-refractivity contribution is 6.31. The van der Waals surface area contributed by atoms with Gasteiger partial charge in [-0.15, -0.1) is 0 Å². The molecule has 2 atom stereocenters. The molecule has 1 fully saturated rings. The Balaban J connectivity index is 1.65. The Morgan fingerprint density at radius 3 is 2.55 bits per heavy atom. The maximum absolute atomic E-state index is 13.0. The molecule has 1 saturated heterocycles. The summed E-state index contributed by atoms with van der Waals surface area (Å²) in [5.74, 6) is -1.56. The molecule has 5 nitrogen and oxygen atoms in total. The minimum absolute atomic E-state index is 0.230. The number of hydrogen-bond acceptors (Lipinski definition) is 3. The van der Waals surface area contributed by atoms with Gasteiger partial charge >= 0.3 is 0 Å². The molecule has 1 heterocycles. The zero-order valence-corrected chi connectivity index (χ0v) is 17.0. The summed E-state index contributed by atoms with van der Waals surface area (Å²) in [5, 5.41) is 3.36. The number of aryl methyl sites for hydroxylation is 1. The summed E-state index contributed by atoms with van der Waals surface area (Å²) in [6, 6.07) is 11.9. The van der Waals surface area contributed by atoms with Crippen LogP contribution in [0.4, 0.5) is 11.4 Å². The Labute approximate surface area is 174 Å². The van der Waals surface area contributed by atoms with Crippen LogP contribution in [0.25, 0.3) is 0 Å². The van der Waals surface area contributed by atoms with Gasteiger partial charge in [-0.05, 0) is 56.5 Å². The summed E-state index contributed by atoms with van der Waals surface area (Å²) < 4.78 is 0. The fourth-order valence-electron chi connectivity index (χ4n) is 4.00. The quantitative estimate of drug-likeness (QED) is 0.588. The van der Waals surface area contributed by atoms with Crippen molar-refractivity contribution in [1.82, 2.24) is 0 Å². The standard InChI is InChI=1S/C23H21ClN2O3/c1-13-7-10-16-18(11-13)23(29)26(22(16)28)20-6-4-3-5-17(20)21(27)25-15-9-8-14(2)19(24)12-15/h3-9,12,16,18H,10-11H2,1-2H3,(H,25,27)/t16-,18+/m0/s1. The smallest absolute Gasteiger partial charge is 0.257 e. The number of nitrogens with one attached hydrogen (secondary N) is 1. The first kappa shape index (κ1) is 19.4. The number of fused-ring (bicyclic) bond motifs is 1. The summed E-state index contributed by atoms with van der Waals surface area (Å²) in [5.41, 5.74) is 3.17. The van der Waals surface area contributed by atoms with Crippen LogP contribution in [0.15, 0.2) is 54.1 Å². The van der Waals surface area contributed by atoms with Gasteiger partial charge < -0.3 is 5.32 Å². The van der Waals surface area contributed by atoms with Crippen molar-refractivity contribution < 1.29 is 14.4 Å². The van der Waals surface area contributed by atoms with Crippen molar-refractivity contribution in [3.05, 3.63) is 70.3 Å². The van der Waals surface area contributed by atoms with Crippen molar-refractivity contribution in [2.45, 2.75) is 26.7 Å². The zero-order chi connectivity index (χ0) is 20.7. The molecule has 1 aliphatic carbocycles. The molecular formula is C23H21ClN2O3. The zero-order valence-electron chi connectivity index (χ0n) is 16.2. The van der Waals surface area contributed by atoms with E-state index in [1.165, 1.54) is 4.90 Å². The summed E-state index contributed by atoms with van der Waals surface area (Å²) in [6.07, 6.45) is 3.17. The number of halogens is 1. The van der Waals surface area contributed by atoms with Crippen LogP contribution in [0, 0.1) is 18.8 Å². The molecule has 6 heteroatoms. The van der Waals surface area contributed by atoms with Gasteiger partial charge in [0.2, 0.25) is 11.8 Å². The van der Waals surface area contributed by atoms with E-state index in [1.807, 2.05) is 26.0 Å². The molecule has 29 heavy (non-hydrogen) atoms. The predicted octanol–water partition coefficient (Wildman–Crippen LogP) is 4.75. The number of amides is 3.